The first-order valence-corrected chi connectivity index (χ1v) is 5.20. The number of halogens is 4. The summed E-state index contributed by atoms with van der Waals surface area (Å²) in [6, 6.07) is 8.78. The number of hydrogen-bond donors (Lipinski definition) is 1. The van der Waals surface area contributed by atoms with Crippen LogP contribution < -0.4 is 4.74 Å². The molecule has 2 rings (SSSR count). The third kappa shape index (κ3) is 3.37. The van der Waals surface area contributed by atoms with E-state index in [4.69, 9.17) is 0 Å². The fourth-order valence-electron chi connectivity index (χ4n) is 1.57. The summed E-state index contributed by atoms with van der Waals surface area (Å²) in [4.78, 5) is 0. The average molecular weight is 272 g/mol. The van der Waals surface area contributed by atoms with E-state index in [9.17, 15) is 22.7 Å². The lowest BCUT2D eigenvalue weighted by molar-refractivity contribution is -0.275. The van der Waals surface area contributed by atoms with E-state index in [1.54, 1.807) is 0 Å². The van der Waals surface area contributed by atoms with E-state index in [-0.39, 0.29) is 0 Å². The van der Waals surface area contributed by atoms with Crippen LogP contribution in [-0.2, 0) is 0 Å². The number of benzene rings is 2. The molecule has 6 heteroatoms. The molecule has 0 aliphatic heterocycles. The van der Waals surface area contributed by atoms with E-state index in [1.807, 2.05) is 0 Å². The Kier molecular flexibility index (Phi) is 3.33. The molecule has 0 aliphatic carbocycles. The number of hydrogen-bond acceptors (Lipinski definition) is 2. The van der Waals surface area contributed by atoms with Crippen molar-refractivity contribution in [2.75, 3.05) is 0 Å². The van der Waals surface area contributed by atoms with Crippen molar-refractivity contribution in [3.63, 3.8) is 0 Å². The van der Waals surface area contributed by atoms with Crippen LogP contribution in [0.25, 0.3) is 11.1 Å². The second-order valence-electron chi connectivity index (χ2n) is 3.74. The third-order valence-electron chi connectivity index (χ3n) is 2.34. The Balaban J connectivity index is 2.41. The van der Waals surface area contributed by atoms with Crippen LogP contribution in [0.5, 0.6) is 11.5 Å². The number of phenolic OH excluding ortho intramolecular Hbond substituents is 1. The van der Waals surface area contributed by atoms with Gasteiger partial charge in [0.1, 0.15) is 5.82 Å². The van der Waals surface area contributed by atoms with E-state index >= 15 is 0 Å². The standard InChI is InChI=1S/C13H8F4O2/c14-10-3-1-2-8(6-10)9-4-5-11(18)12(7-9)19-13(15,16)17/h1-7,18H. The van der Waals surface area contributed by atoms with Crippen molar-refractivity contribution in [3.05, 3.63) is 48.3 Å². The van der Waals surface area contributed by atoms with Gasteiger partial charge in [0.05, 0.1) is 0 Å². The zero-order valence-electron chi connectivity index (χ0n) is 9.41. The highest BCUT2D eigenvalue weighted by Gasteiger charge is 2.32. The molecular formula is C13H8F4O2. The Morgan fingerprint density at radius 3 is 2.26 bits per heavy atom. The first-order chi connectivity index (χ1) is 8.85. The van der Waals surface area contributed by atoms with Gasteiger partial charge < -0.3 is 9.84 Å². The van der Waals surface area contributed by atoms with Crippen LogP contribution in [0.1, 0.15) is 0 Å². The summed E-state index contributed by atoms with van der Waals surface area (Å²) in [6.45, 7) is 0. The van der Waals surface area contributed by atoms with Crippen molar-refractivity contribution in [1.29, 1.82) is 0 Å². The van der Waals surface area contributed by atoms with E-state index < -0.39 is 23.7 Å². The van der Waals surface area contributed by atoms with Crippen LogP contribution in [0.4, 0.5) is 17.6 Å². The van der Waals surface area contributed by atoms with Crippen LogP contribution in [-0.4, -0.2) is 11.5 Å². The summed E-state index contributed by atoms with van der Waals surface area (Å²) >= 11 is 0. The van der Waals surface area contributed by atoms with E-state index in [1.165, 1.54) is 30.3 Å². The van der Waals surface area contributed by atoms with Crippen molar-refractivity contribution < 1.29 is 27.4 Å². The van der Waals surface area contributed by atoms with Gasteiger partial charge in [0, 0.05) is 0 Å². The van der Waals surface area contributed by atoms with Crippen molar-refractivity contribution in [3.8, 4) is 22.6 Å². The highest BCUT2D eigenvalue weighted by atomic mass is 19.4. The molecule has 0 atom stereocenters. The first-order valence-electron chi connectivity index (χ1n) is 5.20. The van der Waals surface area contributed by atoms with Gasteiger partial charge in [-0.1, -0.05) is 18.2 Å². The van der Waals surface area contributed by atoms with Gasteiger partial charge in [-0.25, -0.2) is 4.39 Å². The number of alkyl halides is 3. The second kappa shape index (κ2) is 4.79. The van der Waals surface area contributed by atoms with Gasteiger partial charge >= 0.3 is 6.36 Å². The number of aromatic hydroxyl groups is 1. The maximum absolute atomic E-state index is 13.0. The fraction of sp³-hybridized carbons (Fsp3) is 0.0769. The van der Waals surface area contributed by atoms with E-state index in [0.29, 0.717) is 11.1 Å². The molecule has 1 N–H and O–H groups in total. The maximum atomic E-state index is 13.0. The Morgan fingerprint density at radius 1 is 0.947 bits per heavy atom. The predicted molar refractivity (Wildman–Crippen MR) is 60.2 cm³/mol. The number of phenols is 1. The molecule has 19 heavy (non-hydrogen) atoms. The van der Waals surface area contributed by atoms with Gasteiger partial charge in [0.2, 0.25) is 0 Å². The average Bonchev–Trinajstić information content (AvgIpc) is 2.30. The molecular weight excluding hydrogens is 264 g/mol. The summed E-state index contributed by atoms with van der Waals surface area (Å²) in [5.74, 6) is -1.88. The van der Waals surface area contributed by atoms with Gasteiger partial charge in [0.15, 0.2) is 11.5 Å². The lowest BCUT2D eigenvalue weighted by atomic mass is 10.1. The Labute approximate surface area is 105 Å². The molecule has 0 aromatic heterocycles. The third-order valence-corrected chi connectivity index (χ3v) is 2.34. The largest absolute Gasteiger partial charge is 0.573 e. The smallest absolute Gasteiger partial charge is 0.504 e. The Bertz CT molecular complexity index is 593. The SMILES string of the molecule is Oc1ccc(-c2cccc(F)c2)cc1OC(F)(F)F. The monoisotopic (exact) mass is 272 g/mol. The van der Waals surface area contributed by atoms with Crippen LogP contribution in [0.15, 0.2) is 42.5 Å². The molecule has 0 spiro atoms. The van der Waals surface area contributed by atoms with Crippen LogP contribution in [0, 0.1) is 5.82 Å². The zero-order chi connectivity index (χ0) is 14.0. The molecule has 0 amide bonds. The van der Waals surface area contributed by atoms with Gasteiger partial charge in [-0.2, -0.15) is 0 Å². The minimum absolute atomic E-state index is 0.302. The molecule has 0 saturated heterocycles. The fourth-order valence-corrected chi connectivity index (χ4v) is 1.57. The molecule has 0 radical (unpaired) electrons. The van der Waals surface area contributed by atoms with Crippen molar-refractivity contribution >= 4 is 0 Å². The van der Waals surface area contributed by atoms with Crippen LogP contribution >= 0.6 is 0 Å². The van der Waals surface area contributed by atoms with Gasteiger partial charge in [-0.3, -0.25) is 0 Å². The van der Waals surface area contributed by atoms with Gasteiger partial charge in [-0.05, 0) is 35.4 Å². The van der Waals surface area contributed by atoms with E-state index in [0.717, 1.165) is 12.1 Å². The Morgan fingerprint density at radius 2 is 1.63 bits per heavy atom. The first kappa shape index (κ1) is 13.2. The molecule has 0 saturated carbocycles. The highest BCUT2D eigenvalue weighted by Crippen LogP contribution is 2.35. The molecule has 2 aromatic carbocycles. The van der Waals surface area contributed by atoms with Crippen molar-refractivity contribution in [2.24, 2.45) is 0 Å². The molecule has 0 heterocycles. The molecule has 2 nitrogen and oxygen atoms in total. The molecule has 2 aromatic rings. The normalized spacial score (nSPS) is 11.4. The number of ether oxygens (including phenoxy) is 1. The maximum Gasteiger partial charge on any atom is 0.573 e. The summed E-state index contributed by atoms with van der Waals surface area (Å²) in [6.07, 6.45) is -4.90. The molecule has 0 bridgehead atoms. The summed E-state index contributed by atoms with van der Waals surface area (Å²) < 4.78 is 53.1. The summed E-state index contributed by atoms with van der Waals surface area (Å²) in [5, 5.41) is 9.30. The van der Waals surface area contributed by atoms with Gasteiger partial charge in [0.25, 0.3) is 0 Å². The molecule has 100 valence electrons. The number of rotatable bonds is 2. The Hall–Kier alpha value is -2.24. The molecule has 0 aliphatic rings. The minimum atomic E-state index is -4.90. The van der Waals surface area contributed by atoms with Gasteiger partial charge in [-0.15, -0.1) is 13.2 Å². The molecule has 0 fully saturated rings. The van der Waals surface area contributed by atoms with Crippen molar-refractivity contribution in [2.45, 2.75) is 6.36 Å². The lowest BCUT2D eigenvalue weighted by Crippen LogP contribution is -2.17. The lowest BCUT2D eigenvalue weighted by Gasteiger charge is -2.11. The van der Waals surface area contributed by atoms with Crippen molar-refractivity contribution in [1.82, 2.24) is 0 Å². The quantitative estimate of drug-likeness (QED) is 0.834. The molecule has 0 unspecified atom stereocenters. The minimum Gasteiger partial charge on any atom is -0.504 e. The van der Waals surface area contributed by atoms with E-state index in [2.05, 4.69) is 4.74 Å². The summed E-state index contributed by atoms with van der Waals surface area (Å²) in [7, 11) is 0. The topological polar surface area (TPSA) is 29.5 Å². The van der Waals surface area contributed by atoms with Crippen LogP contribution in [0.2, 0.25) is 0 Å². The van der Waals surface area contributed by atoms with Crippen LogP contribution in [0.3, 0.4) is 0 Å². The summed E-state index contributed by atoms with van der Waals surface area (Å²) in [5.41, 5.74) is 0.684. The second-order valence-corrected chi connectivity index (χ2v) is 3.74. The highest BCUT2D eigenvalue weighted by molar-refractivity contribution is 5.67. The predicted octanol–water partition coefficient (Wildman–Crippen LogP) is 4.10. The zero-order valence-corrected chi connectivity index (χ0v) is 9.41.